The number of nitrogens with zero attached hydrogens (tertiary/aromatic N) is 2. The van der Waals surface area contributed by atoms with Crippen molar-refractivity contribution in [3.63, 3.8) is 0 Å². The Morgan fingerprint density at radius 2 is 2.21 bits per heavy atom. The third-order valence-corrected chi connectivity index (χ3v) is 6.14. The van der Waals surface area contributed by atoms with Crippen molar-refractivity contribution < 1.29 is 22.4 Å². The monoisotopic (exact) mass is 368 g/mol. The summed E-state index contributed by atoms with van der Waals surface area (Å²) in [6.45, 7) is 1.26. The van der Waals surface area contributed by atoms with Crippen molar-refractivity contribution in [2.75, 3.05) is 12.4 Å². The largest absolute Gasteiger partial charge is 0.505 e. The summed E-state index contributed by atoms with van der Waals surface area (Å²) >= 11 is 0.769. The number of carbonyl (C=O) groups excluding carboxylic acids is 1. The topological polar surface area (TPSA) is 99.6 Å². The molecule has 3 rings (SSSR count). The number of aryl methyl sites for hydroxylation is 1. The third kappa shape index (κ3) is 2.55. The first-order valence-corrected chi connectivity index (χ1v) is 9.01. The summed E-state index contributed by atoms with van der Waals surface area (Å²) in [6.07, 6.45) is -2.14. The van der Waals surface area contributed by atoms with E-state index in [1.807, 2.05) is 0 Å². The summed E-state index contributed by atoms with van der Waals surface area (Å²) in [5.41, 5.74) is -0.483. The number of aromatic nitrogens is 1. The lowest BCUT2D eigenvalue weighted by Crippen LogP contribution is -2.37. The predicted molar refractivity (Wildman–Crippen MR) is 91.1 cm³/mol. The minimum atomic E-state index is -4.03. The minimum Gasteiger partial charge on any atom is -0.505 e. The molecule has 0 atom stereocenters. The molecule has 2 heterocycles. The van der Waals surface area contributed by atoms with E-state index in [-0.39, 0.29) is 26.6 Å². The van der Waals surface area contributed by atoms with Crippen LogP contribution >= 0.6 is 11.3 Å². The molecule has 0 saturated carbocycles. The maximum Gasteiger partial charge on any atom is 0.278 e. The Morgan fingerprint density at radius 1 is 1.50 bits per heavy atom. The molecule has 2 aromatic rings. The van der Waals surface area contributed by atoms with Gasteiger partial charge in [-0.25, -0.2) is 13.4 Å². The first kappa shape index (κ1) is 13.0. The maximum absolute atomic E-state index is 12.6. The van der Waals surface area contributed by atoms with E-state index >= 15 is 0 Å². The van der Waals surface area contributed by atoms with Crippen LogP contribution in [0.3, 0.4) is 0 Å². The average Bonchev–Trinajstić information content (AvgIpc) is 2.94. The molecule has 0 bridgehead atoms. The van der Waals surface area contributed by atoms with Crippen LogP contribution < -0.4 is 5.32 Å². The molecule has 0 radical (unpaired) electrons. The van der Waals surface area contributed by atoms with Gasteiger partial charge in [-0.15, -0.1) is 11.3 Å². The van der Waals surface area contributed by atoms with Crippen LogP contribution in [0.4, 0.5) is 5.13 Å². The summed E-state index contributed by atoms with van der Waals surface area (Å²) in [6, 6.07) is 5.76. The van der Waals surface area contributed by atoms with Gasteiger partial charge in [0, 0.05) is 26.4 Å². The second kappa shape index (κ2) is 5.91. The van der Waals surface area contributed by atoms with E-state index in [4.69, 9.17) is 4.11 Å². The highest BCUT2D eigenvalue weighted by Crippen LogP contribution is 2.34. The normalized spacial score (nSPS) is 18.4. The van der Waals surface area contributed by atoms with E-state index in [9.17, 15) is 18.3 Å². The Hall–Kier alpha value is -2.39. The predicted octanol–water partition coefficient (Wildman–Crippen LogP) is 2.20. The zero-order chi connectivity index (χ0) is 20.1. The van der Waals surface area contributed by atoms with Crippen molar-refractivity contribution in [1.82, 2.24) is 9.29 Å². The number of carbonyl (C=O) groups is 1. The van der Waals surface area contributed by atoms with Gasteiger partial charge in [0.1, 0.15) is 0 Å². The highest BCUT2D eigenvalue weighted by molar-refractivity contribution is 7.89. The van der Waals surface area contributed by atoms with Gasteiger partial charge in [0.2, 0.25) is 0 Å². The van der Waals surface area contributed by atoms with Crippen LogP contribution in [0.5, 0.6) is 0 Å². The number of aliphatic hydroxyl groups excluding tert-OH is 1. The lowest BCUT2D eigenvalue weighted by Gasteiger charge is -2.28. The van der Waals surface area contributed by atoms with Gasteiger partial charge in [-0.1, -0.05) is 19.1 Å². The van der Waals surface area contributed by atoms with Crippen LogP contribution in [-0.4, -0.2) is 35.8 Å². The number of sulfonamides is 1. The Labute approximate surface area is 147 Å². The fourth-order valence-corrected chi connectivity index (χ4v) is 4.26. The molecule has 1 aliphatic rings. The molecular weight excluding hydrogens is 350 g/mol. The number of rotatable bonds is 3. The van der Waals surface area contributed by atoms with Gasteiger partial charge in [0.25, 0.3) is 15.9 Å². The number of fused-ring (bicyclic) bond motifs is 1. The lowest BCUT2D eigenvalue weighted by atomic mass is 10.1. The summed E-state index contributed by atoms with van der Waals surface area (Å²) in [5.74, 6) is -1.45. The first-order valence-electron chi connectivity index (χ1n) is 8.25. The lowest BCUT2D eigenvalue weighted by molar-refractivity contribution is -0.113. The zero-order valence-corrected chi connectivity index (χ0v) is 14.3. The van der Waals surface area contributed by atoms with Gasteiger partial charge < -0.3 is 5.11 Å². The fraction of sp³-hybridized carbons (Fsp3) is 0.200. The Balaban J connectivity index is 2.02. The smallest absolute Gasteiger partial charge is 0.278 e. The van der Waals surface area contributed by atoms with E-state index in [0.29, 0.717) is 4.31 Å². The molecule has 0 saturated heterocycles. The van der Waals surface area contributed by atoms with Crippen LogP contribution in [-0.2, 0) is 21.2 Å². The molecule has 1 aromatic heterocycles. The van der Waals surface area contributed by atoms with E-state index in [1.165, 1.54) is 31.2 Å². The van der Waals surface area contributed by atoms with Crippen molar-refractivity contribution in [3.8, 4) is 0 Å². The van der Waals surface area contributed by atoms with Crippen LogP contribution in [0.25, 0.3) is 5.76 Å². The van der Waals surface area contributed by atoms with Gasteiger partial charge in [-0.3, -0.25) is 14.4 Å². The van der Waals surface area contributed by atoms with Gasteiger partial charge in [-0.05, 0) is 18.5 Å². The molecule has 0 unspecified atom stereocenters. The number of anilines is 1. The number of aliphatic hydroxyl groups is 1. The van der Waals surface area contributed by atoms with E-state index < -0.39 is 33.8 Å². The number of amides is 1. The van der Waals surface area contributed by atoms with Crippen LogP contribution in [0.2, 0.25) is 0 Å². The minimum absolute atomic E-state index is 0.00616. The Kier molecular flexibility index (Phi) is 3.19. The summed E-state index contributed by atoms with van der Waals surface area (Å²) in [7, 11) is -2.88. The molecule has 9 heteroatoms. The van der Waals surface area contributed by atoms with Crippen LogP contribution in [0, 0.1) is 0 Å². The quantitative estimate of drug-likeness (QED) is 0.865. The molecule has 7 nitrogen and oxygen atoms in total. The second-order valence-electron chi connectivity index (χ2n) is 4.83. The molecule has 0 fully saturated rings. The number of benzene rings is 1. The van der Waals surface area contributed by atoms with Crippen molar-refractivity contribution in [3.05, 3.63) is 46.6 Å². The SMILES string of the molecule is [2H]c1nc(NC(=O)C2=C(O)c3ccccc3S(=O)(=O)N2C)sc1C([2H])([2H])C. The van der Waals surface area contributed by atoms with Gasteiger partial charge in [-0.2, -0.15) is 0 Å². The molecular formula is C15H15N3O4S2. The van der Waals surface area contributed by atoms with Gasteiger partial charge >= 0.3 is 0 Å². The zero-order valence-electron chi connectivity index (χ0n) is 15.7. The highest BCUT2D eigenvalue weighted by Gasteiger charge is 2.37. The molecule has 24 heavy (non-hydrogen) atoms. The fourth-order valence-electron chi connectivity index (χ4n) is 2.24. The van der Waals surface area contributed by atoms with Crippen LogP contribution in [0.1, 0.15) is 21.5 Å². The molecule has 2 N–H and O–H groups in total. The number of likely N-dealkylation sites (N-methyl/N-ethyl adjacent to an activating group) is 1. The first-order chi connectivity index (χ1) is 12.4. The van der Waals surface area contributed by atoms with Gasteiger partial charge in [0.15, 0.2) is 16.6 Å². The summed E-state index contributed by atoms with van der Waals surface area (Å²) in [5, 5.41) is 12.7. The second-order valence-corrected chi connectivity index (χ2v) is 7.77. The van der Waals surface area contributed by atoms with E-state index in [2.05, 4.69) is 10.3 Å². The average molecular weight is 368 g/mol. The summed E-state index contributed by atoms with van der Waals surface area (Å²) in [4.78, 5) is 16.3. The molecule has 0 aliphatic carbocycles. The third-order valence-electron chi connectivity index (χ3n) is 3.44. The van der Waals surface area contributed by atoms with E-state index in [1.54, 1.807) is 0 Å². The molecule has 126 valence electrons. The van der Waals surface area contributed by atoms with Crippen LogP contribution in [0.15, 0.2) is 41.0 Å². The van der Waals surface area contributed by atoms with E-state index in [0.717, 1.165) is 18.4 Å². The maximum atomic E-state index is 12.6. The molecule has 0 spiro atoms. The number of hydrogen-bond donors (Lipinski definition) is 2. The summed E-state index contributed by atoms with van der Waals surface area (Å²) < 4.78 is 49.0. The van der Waals surface area contributed by atoms with Crippen molar-refractivity contribution in [1.29, 1.82) is 0 Å². The van der Waals surface area contributed by atoms with Crippen molar-refractivity contribution in [2.24, 2.45) is 0 Å². The van der Waals surface area contributed by atoms with Crippen molar-refractivity contribution in [2.45, 2.75) is 18.2 Å². The molecule has 1 aromatic carbocycles. The number of hydrogen-bond acceptors (Lipinski definition) is 6. The standard InChI is InChI=1S/C15H15N3O4S2/c1-3-9-8-16-15(23-9)17-14(20)12-13(19)10-6-4-5-7-11(10)24(21,22)18(12)2/h4-8,19H,3H2,1-2H3,(H,16,17,20)/i3D2,8D. The molecule has 1 aliphatic heterocycles. The Bertz CT molecular complexity index is 1070. The van der Waals surface area contributed by atoms with Gasteiger partial charge in [0.05, 0.1) is 6.27 Å². The number of thiazole rings is 1. The Morgan fingerprint density at radius 3 is 2.88 bits per heavy atom. The highest BCUT2D eigenvalue weighted by atomic mass is 32.2. The number of nitrogens with one attached hydrogen (secondary N) is 1. The molecule has 1 amide bonds. The van der Waals surface area contributed by atoms with Crippen molar-refractivity contribution >= 4 is 38.2 Å².